The molecule has 2 heterocycles. The van der Waals surface area contributed by atoms with Crippen molar-refractivity contribution in [3.8, 4) is 0 Å². The van der Waals surface area contributed by atoms with E-state index in [4.69, 9.17) is 0 Å². The smallest absolute Gasteiger partial charge is 0.0583 e. The Morgan fingerprint density at radius 2 is 1.72 bits per heavy atom. The molecule has 0 spiro atoms. The van der Waals surface area contributed by atoms with Gasteiger partial charge >= 0.3 is 0 Å². The summed E-state index contributed by atoms with van der Waals surface area (Å²) in [7, 11) is 0. The van der Waals surface area contributed by atoms with Gasteiger partial charge in [0, 0.05) is 31.3 Å². The second-order valence-electron chi connectivity index (χ2n) is 7.26. The lowest BCUT2D eigenvalue weighted by Crippen LogP contribution is -2.38. The van der Waals surface area contributed by atoms with E-state index >= 15 is 0 Å². The van der Waals surface area contributed by atoms with Crippen LogP contribution >= 0.6 is 11.3 Å². The minimum absolute atomic E-state index is 0.0160. The van der Waals surface area contributed by atoms with Crippen molar-refractivity contribution >= 4 is 43.3 Å². The summed E-state index contributed by atoms with van der Waals surface area (Å²) in [6.45, 7) is 2.39. The van der Waals surface area contributed by atoms with E-state index in [1.54, 1.807) is 0 Å². The molecular formula is C23H17NS. The van der Waals surface area contributed by atoms with Gasteiger partial charge in [0.15, 0.2) is 0 Å². The van der Waals surface area contributed by atoms with Gasteiger partial charge in [-0.1, -0.05) is 54.6 Å². The van der Waals surface area contributed by atoms with Crippen LogP contribution in [-0.2, 0) is 5.41 Å². The Bertz CT molecular complexity index is 1200. The summed E-state index contributed by atoms with van der Waals surface area (Å²) in [6, 6.07) is 22.7. The first-order valence-corrected chi connectivity index (χ1v) is 9.57. The topological polar surface area (TPSA) is 12.0 Å². The van der Waals surface area contributed by atoms with Gasteiger partial charge in [-0.2, -0.15) is 0 Å². The first-order valence-electron chi connectivity index (χ1n) is 8.75. The second kappa shape index (κ2) is 4.53. The van der Waals surface area contributed by atoms with E-state index < -0.39 is 0 Å². The quantitative estimate of drug-likeness (QED) is 0.403. The summed E-state index contributed by atoms with van der Waals surface area (Å²) in [4.78, 5) is 0. The van der Waals surface area contributed by atoms with Gasteiger partial charge in [-0.15, -0.1) is 11.3 Å². The number of nitrogens with one attached hydrogen (secondary N) is 1. The van der Waals surface area contributed by atoms with Crippen molar-refractivity contribution in [1.82, 2.24) is 0 Å². The molecule has 0 saturated carbocycles. The van der Waals surface area contributed by atoms with Crippen LogP contribution < -0.4 is 5.32 Å². The molecule has 0 saturated heterocycles. The molecule has 3 aromatic carbocycles. The number of benzene rings is 3. The van der Waals surface area contributed by atoms with Crippen molar-refractivity contribution in [2.45, 2.75) is 18.4 Å². The molecule has 0 amide bonds. The van der Waals surface area contributed by atoms with Gasteiger partial charge in [0.2, 0.25) is 0 Å². The van der Waals surface area contributed by atoms with Gasteiger partial charge in [0.05, 0.1) is 6.04 Å². The summed E-state index contributed by atoms with van der Waals surface area (Å²) < 4.78 is 2.73. The molecule has 1 aromatic heterocycles. The molecule has 0 radical (unpaired) electrons. The lowest BCUT2D eigenvalue weighted by molar-refractivity contribution is 0.556. The molecule has 1 aliphatic heterocycles. The molecule has 1 N–H and O–H groups in total. The molecule has 25 heavy (non-hydrogen) atoms. The van der Waals surface area contributed by atoms with Crippen LogP contribution in [0.25, 0.3) is 26.2 Å². The van der Waals surface area contributed by atoms with Crippen LogP contribution in [0.1, 0.15) is 23.6 Å². The highest BCUT2D eigenvalue weighted by atomic mass is 32.1. The van der Waals surface area contributed by atoms with Crippen LogP contribution in [0.2, 0.25) is 0 Å². The molecule has 2 aliphatic rings. The van der Waals surface area contributed by atoms with Crippen LogP contribution in [-0.4, -0.2) is 6.04 Å². The van der Waals surface area contributed by atoms with Crippen molar-refractivity contribution < 1.29 is 0 Å². The summed E-state index contributed by atoms with van der Waals surface area (Å²) in [6.07, 6.45) is 4.59. The van der Waals surface area contributed by atoms with E-state index in [9.17, 15) is 0 Å². The zero-order chi connectivity index (χ0) is 16.6. The van der Waals surface area contributed by atoms with Crippen LogP contribution in [0.4, 0.5) is 5.69 Å². The number of rotatable bonds is 0. The van der Waals surface area contributed by atoms with Gasteiger partial charge in [0.1, 0.15) is 0 Å². The fraction of sp³-hybridized carbons (Fsp3) is 0.130. The second-order valence-corrected chi connectivity index (χ2v) is 8.35. The number of hydrogen-bond acceptors (Lipinski definition) is 2. The van der Waals surface area contributed by atoms with Crippen molar-refractivity contribution in [3.05, 3.63) is 83.4 Å². The monoisotopic (exact) mass is 339 g/mol. The Labute approximate surface area is 150 Å². The van der Waals surface area contributed by atoms with E-state index in [0.29, 0.717) is 6.04 Å². The highest BCUT2D eigenvalue weighted by Gasteiger charge is 2.46. The Morgan fingerprint density at radius 1 is 0.880 bits per heavy atom. The van der Waals surface area contributed by atoms with E-state index in [-0.39, 0.29) is 5.41 Å². The summed E-state index contributed by atoms with van der Waals surface area (Å²) in [5, 5.41) is 6.53. The first-order chi connectivity index (χ1) is 12.2. The third-order valence-corrected chi connectivity index (χ3v) is 7.13. The van der Waals surface area contributed by atoms with E-state index in [1.807, 2.05) is 11.3 Å². The predicted octanol–water partition coefficient (Wildman–Crippen LogP) is 6.18. The Kier molecular flexibility index (Phi) is 2.48. The molecule has 1 nitrogen and oxygen atoms in total. The average molecular weight is 339 g/mol. The molecule has 6 rings (SSSR count). The van der Waals surface area contributed by atoms with Crippen LogP contribution in [0, 0.1) is 0 Å². The highest BCUT2D eigenvalue weighted by Crippen LogP contribution is 2.51. The number of anilines is 1. The Balaban J connectivity index is 1.70. The molecule has 0 fully saturated rings. The van der Waals surface area contributed by atoms with Crippen molar-refractivity contribution in [3.63, 3.8) is 0 Å². The maximum Gasteiger partial charge on any atom is 0.0583 e. The predicted molar refractivity (Wildman–Crippen MR) is 109 cm³/mol. The molecule has 120 valence electrons. The lowest BCUT2D eigenvalue weighted by Gasteiger charge is -2.35. The molecule has 1 aliphatic carbocycles. The molecule has 2 atom stereocenters. The molecule has 0 bridgehead atoms. The zero-order valence-corrected chi connectivity index (χ0v) is 14.7. The fourth-order valence-electron chi connectivity index (χ4n) is 4.67. The fourth-order valence-corrected chi connectivity index (χ4v) is 5.80. The highest BCUT2D eigenvalue weighted by molar-refractivity contribution is 7.25. The van der Waals surface area contributed by atoms with Gasteiger partial charge in [0.25, 0.3) is 0 Å². The number of fused-ring (bicyclic) bond motifs is 8. The maximum atomic E-state index is 3.77. The first kappa shape index (κ1) is 13.7. The average Bonchev–Trinajstić information content (AvgIpc) is 3.15. The van der Waals surface area contributed by atoms with Gasteiger partial charge in [-0.3, -0.25) is 0 Å². The normalized spacial score (nSPS) is 23.3. The van der Waals surface area contributed by atoms with Gasteiger partial charge in [-0.25, -0.2) is 0 Å². The maximum absolute atomic E-state index is 3.77. The van der Waals surface area contributed by atoms with Crippen LogP contribution in [0.5, 0.6) is 0 Å². The van der Waals surface area contributed by atoms with Crippen molar-refractivity contribution in [2.75, 3.05) is 5.32 Å². The van der Waals surface area contributed by atoms with E-state index in [0.717, 1.165) is 0 Å². The third kappa shape index (κ3) is 1.63. The SMILES string of the molecule is CC12c3ccccc3C=CC1Nc1cc3sc4ccccc4c3cc12. The van der Waals surface area contributed by atoms with Crippen LogP contribution in [0.15, 0.2) is 66.7 Å². The van der Waals surface area contributed by atoms with E-state index in [2.05, 4.69) is 85.1 Å². The number of hydrogen-bond donors (Lipinski definition) is 1. The third-order valence-electron chi connectivity index (χ3n) is 6.00. The minimum atomic E-state index is -0.0160. The van der Waals surface area contributed by atoms with Crippen molar-refractivity contribution in [1.29, 1.82) is 0 Å². The zero-order valence-electron chi connectivity index (χ0n) is 13.9. The Morgan fingerprint density at radius 3 is 2.68 bits per heavy atom. The Hall–Kier alpha value is -2.58. The summed E-state index contributed by atoms with van der Waals surface area (Å²) in [5.74, 6) is 0. The molecule has 2 heteroatoms. The minimum Gasteiger partial charge on any atom is -0.377 e. The summed E-state index contributed by atoms with van der Waals surface area (Å²) >= 11 is 1.89. The standard InChI is InChI=1S/C23H17NS/c1-23-17-8-4-2-6-14(17)10-11-22(23)24-19-13-21-16(12-18(19)23)15-7-3-5-9-20(15)25-21/h2-13,22,24H,1H3. The van der Waals surface area contributed by atoms with Gasteiger partial charge < -0.3 is 5.32 Å². The molecular weight excluding hydrogens is 322 g/mol. The summed E-state index contributed by atoms with van der Waals surface area (Å²) in [5.41, 5.74) is 5.45. The van der Waals surface area contributed by atoms with Crippen molar-refractivity contribution in [2.24, 2.45) is 0 Å². The van der Waals surface area contributed by atoms with Gasteiger partial charge in [-0.05, 0) is 41.8 Å². The van der Waals surface area contributed by atoms with Crippen LogP contribution in [0.3, 0.4) is 0 Å². The lowest BCUT2D eigenvalue weighted by atomic mass is 9.68. The largest absolute Gasteiger partial charge is 0.377 e. The van der Waals surface area contributed by atoms with E-state index in [1.165, 1.54) is 42.6 Å². The number of thiophene rings is 1. The molecule has 2 unspecified atom stereocenters. The molecule has 4 aromatic rings.